The molecule has 1 saturated heterocycles. The standard InChI is InChI=1S/C8H8ClNO4S/c9-15(11,12)7-1-2-8(10-3-7)14-6-4-13-5-6/h1-3,6H,4-5H2. The van der Waals surface area contributed by atoms with Crippen LogP contribution >= 0.6 is 10.7 Å². The minimum Gasteiger partial charge on any atom is -0.469 e. The smallest absolute Gasteiger partial charge is 0.262 e. The van der Waals surface area contributed by atoms with E-state index >= 15 is 0 Å². The molecule has 15 heavy (non-hydrogen) atoms. The molecule has 0 N–H and O–H groups in total. The Bertz CT molecular complexity index is 440. The third-order valence-corrected chi connectivity index (χ3v) is 3.22. The molecule has 0 aromatic carbocycles. The molecule has 82 valence electrons. The molecule has 7 heteroatoms. The van der Waals surface area contributed by atoms with Crippen molar-refractivity contribution in [1.29, 1.82) is 0 Å². The predicted molar refractivity (Wildman–Crippen MR) is 52.5 cm³/mol. The predicted octanol–water partition coefficient (Wildman–Crippen LogP) is 0.787. The Hall–Kier alpha value is -0.850. The molecule has 0 bridgehead atoms. The van der Waals surface area contributed by atoms with Gasteiger partial charge in [-0.05, 0) is 6.07 Å². The lowest BCUT2D eigenvalue weighted by Gasteiger charge is -2.25. The van der Waals surface area contributed by atoms with Gasteiger partial charge in [0.15, 0.2) is 0 Å². The Labute approximate surface area is 91.4 Å². The summed E-state index contributed by atoms with van der Waals surface area (Å²) in [6.07, 6.45) is 1.17. The van der Waals surface area contributed by atoms with Gasteiger partial charge in [-0.3, -0.25) is 0 Å². The molecule has 5 nitrogen and oxygen atoms in total. The molecule has 1 fully saturated rings. The van der Waals surface area contributed by atoms with Crippen molar-refractivity contribution in [2.45, 2.75) is 11.0 Å². The normalized spacial score (nSPS) is 17.1. The maximum absolute atomic E-state index is 10.9. The second-order valence-corrected chi connectivity index (χ2v) is 5.61. The number of ether oxygens (including phenoxy) is 2. The summed E-state index contributed by atoms with van der Waals surface area (Å²) in [5, 5.41) is 0. The van der Waals surface area contributed by atoms with E-state index in [0.717, 1.165) is 6.20 Å². The summed E-state index contributed by atoms with van der Waals surface area (Å²) >= 11 is 0. The van der Waals surface area contributed by atoms with Crippen LogP contribution in [0.5, 0.6) is 5.88 Å². The Balaban J connectivity index is 2.09. The largest absolute Gasteiger partial charge is 0.469 e. The van der Waals surface area contributed by atoms with E-state index in [9.17, 15) is 8.42 Å². The van der Waals surface area contributed by atoms with Gasteiger partial charge < -0.3 is 9.47 Å². The molecule has 0 aliphatic carbocycles. The summed E-state index contributed by atoms with van der Waals surface area (Å²) < 4.78 is 32.1. The van der Waals surface area contributed by atoms with Gasteiger partial charge in [0.25, 0.3) is 9.05 Å². The number of pyridine rings is 1. The van der Waals surface area contributed by atoms with Gasteiger partial charge in [-0.2, -0.15) is 0 Å². The van der Waals surface area contributed by atoms with Crippen molar-refractivity contribution in [3.63, 3.8) is 0 Å². The fourth-order valence-electron chi connectivity index (χ4n) is 1.03. The molecule has 0 saturated carbocycles. The molecule has 2 heterocycles. The van der Waals surface area contributed by atoms with E-state index < -0.39 is 9.05 Å². The van der Waals surface area contributed by atoms with E-state index in [1.54, 1.807) is 0 Å². The third-order valence-electron chi connectivity index (χ3n) is 1.89. The minimum absolute atomic E-state index is 0.0101. The number of halogens is 1. The van der Waals surface area contributed by atoms with Gasteiger partial charge in [0.05, 0.1) is 19.4 Å². The van der Waals surface area contributed by atoms with Crippen LogP contribution in [0.25, 0.3) is 0 Å². The lowest BCUT2D eigenvalue weighted by molar-refractivity contribution is -0.0813. The second-order valence-electron chi connectivity index (χ2n) is 3.05. The second kappa shape index (κ2) is 3.96. The maximum atomic E-state index is 10.9. The van der Waals surface area contributed by atoms with Crippen molar-refractivity contribution >= 4 is 19.7 Å². The third kappa shape index (κ3) is 2.58. The molecule has 0 amide bonds. The van der Waals surface area contributed by atoms with Crippen LogP contribution in [0, 0.1) is 0 Å². The molecular formula is C8H8ClNO4S. The van der Waals surface area contributed by atoms with Crippen LogP contribution in [0.2, 0.25) is 0 Å². The number of nitrogens with zero attached hydrogens (tertiary/aromatic N) is 1. The molecule has 1 aromatic rings. The molecule has 1 aliphatic heterocycles. The fourth-order valence-corrected chi connectivity index (χ4v) is 1.72. The van der Waals surface area contributed by atoms with Crippen LogP contribution in [-0.2, 0) is 13.8 Å². The number of aromatic nitrogens is 1. The quantitative estimate of drug-likeness (QED) is 0.741. The molecule has 2 rings (SSSR count). The van der Waals surface area contributed by atoms with Crippen LogP contribution in [0.15, 0.2) is 23.2 Å². The molecule has 1 aliphatic rings. The Morgan fingerprint density at radius 1 is 1.47 bits per heavy atom. The zero-order valence-electron chi connectivity index (χ0n) is 7.59. The topological polar surface area (TPSA) is 65.5 Å². The van der Waals surface area contributed by atoms with Gasteiger partial charge in [0.1, 0.15) is 11.0 Å². The van der Waals surface area contributed by atoms with Gasteiger partial charge in [0.2, 0.25) is 5.88 Å². The summed E-state index contributed by atoms with van der Waals surface area (Å²) in [6.45, 7) is 1.08. The number of hydrogen-bond donors (Lipinski definition) is 0. The zero-order valence-corrected chi connectivity index (χ0v) is 9.16. The average Bonchev–Trinajstić information content (AvgIpc) is 2.11. The van der Waals surface area contributed by atoms with Gasteiger partial charge >= 0.3 is 0 Å². The Morgan fingerprint density at radius 3 is 2.60 bits per heavy atom. The van der Waals surface area contributed by atoms with Crippen molar-refractivity contribution in [3.8, 4) is 5.88 Å². The zero-order chi connectivity index (χ0) is 10.9. The van der Waals surface area contributed by atoms with Crippen molar-refractivity contribution in [2.24, 2.45) is 0 Å². The first-order valence-corrected chi connectivity index (χ1v) is 6.52. The Kier molecular flexibility index (Phi) is 2.81. The van der Waals surface area contributed by atoms with Crippen molar-refractivity contribution in [3.05, 3.63) is 18.3 Å². The summed E-state index contributed by atoms with van der Waals surface area (Å²) in [4.78, 5) is 3.79. The highest BCUT2D eigenvalue weighted by molar-refractivity contribution is 8.13. The van der Waals surface area contributed by atoms with Crippen LogP contribution in [0.1, 0.15) is 0 Å². The van der Waals surface area contributed by atoms with Crippen LogP contribution < -0.4 is 4.74 Å². The first-order valence-electron chi connectivity index (χ1n) is 4.21. The molecule has 0 unspecified atom stereocenters. The minimum atomic E-state index is -3.71. The number of hydrogen-bond acceptors (Lipinski definition) is 5. The van der Waals surface area contributed by atoms with Gasteiger partial charge in [-0.15, -0.1) is 0 Å². The number of rotatable bonds is 3. The summed E-state index contributed by atoms with van der Waals surface area (Å²) in [6, 6.07) is 2.82. The lowest BCUT2D eigenvalue weighted by atomic mass is 10.3. The van der Waals surface area contributed by atoms with Gasteiger partial charge in [-0.25, -0.2) is 13.4 Å². The molecule has 0 atom stereocenters. The van der Waals surface area contributed by atoms with Crippen molar-refractivity contribution in [1.82, 2.24) is 4.98 Å². The lowest BCUT2D eigenvalue weighted by Crippen LogP contribution is -2.38. The fraction of sp³-hybridized carbons (Fsp3) is 0.375. The van der Waals surface area contributed by atoms with E-state index in [-0.39, 0.29) is 11.0 Å². The van der Waals surface area contributed by atoms with Gasteiger partial charge in [-0.1, -0.05) is 0 Å². The van der Waals surface area contributed by atoms with E-state index in [0.29, 0.717) is 19.1 Å². The van der Waals surface area contributed by atoms with Gasteiger partial charge in [0, 0.05) is 16.7 Å². The summed E-state index contributed by atoms with van der Waals surface area (Å²) in [5.74, 6) is 0.368. The van der Waals surface area contributed by atoms with E-state index in [1.165, 1.54) is 12.1 Å². The summed E-state index contributed by atoms with van der Waals surface area (Å²) in [5.41, 5.74) is 0. The first kappa shape index (κ1) is 10.7. The van der Waals surface area contributed by atoms with E-state index in [4.69, 9.17) is 20.2 Å². The highest BCUT2D eigenvalue weighted by atomic mass is 35.7. The monoisotopic (exact) mass is 249 g/mol. The SMILES string of the molecule is O=S(=O)(Cl)c1ccc(OC2COC2)nc1. The van der Waals surface area contributed by atoms with E-state index in [1.807, 2.05) is 0 Å². The molecule has 1 aromatic heterocycles. The molecular weight excluding hydrogens is 242 g/mol. The average molecular weight is 250 g/mol. The van der Waals surface area contributed by atoms with Crippen molar-refractivity contribution in [2.75, 3.05) is 13.2 Å². The highest BCUT2D eigenvalue weighted by Gasteiger charge is 2.20. The van der Waals surface area contributed by atoms with Crippen LogP contribution in [0.4, 0.5) is 0 Å². The molecule has 0 spiro atoms. The van der Waals surface area contributed by atoms with Crippen LogP contribution in [0.3, 0.4) is 0 Å². The Morgan fingerprint density at radius 2 is 2.20 bits per heavy atom. The van der Waals surface area contributed by atoms with Crippen molar-refractivity contribution < 1.29 is 17.9 Å². The first-order chi connectivity index (χ1) is 7.05. The molecule has 0 radical (unpaired) electrons. The van der Waals surface area contributed by atoms with Crippen LogP contribution in [-0.4, -0.2) is 32.7 Å². The summed E-state index contributed by atoms with van der Waals surface area (Å²) in [7, 11) is 1.42. The maximum Gasteiger partial charge on any atom is 0.262 e. The van der Waals surface area contributed by atoms with E-state index in [2.05, 4.69) is 4.98 Å². The highest BCUT2D eigenvalue weighted by Crippen LogP contribution is 2.18.